The van der Waals surface area contributed by atoms with Crippen molar-refractivity contribution in [3.8, 4) is 11.5 Å². The van der Waals surface area contributed by atoms with Crippen LogP contribution in [0.5, 0.6) is 11.5 Å². The fourth-order valence-corrected chi connectivity index (χ4v) is 4.77. The van der Waals surface area contributed by atoms with Crippen molar-refractivity contribution in [2.24, 2.45) is 5.92 Å². The first-order chi connectivity index (χ1) is 16.6. The summed E-state index contributed by atoms with van der Waals surface area (Å²) in [6.45, 7) is 7.15. The molecule has 0 aliphatic rings. The molecule has 0 unspecified atom stereocenters. The lowest BCUT2D eigenvalue weighted by atomic mass is 9.78. The molecule has 0 saturated heterocycles. The Kier molecular flexibility index (Phi) is 10.5. The number of alkyl halides is 1. The lowest BCUT2D eigenvalue weighted by Crippen LogP contribution is -2.25. The molecule has 3 rings (SSSR count). The van der Waals surface area contributed by atoms with Crippen LogP contribution in [-0.4, -0.2) is 50.4 Å². The molecule has 35 heavy (non-hydrogen) atoms. The third-order valence-electron chi connectivity index (χ3n) is 5.78. The van der Waals surface area contributed by atoms with Crippen molar-refractivity contribution in [3.63, 3.8) is 0 Å². The van der Waals surface area contributed by atoms with E-state index in [0.717, 1.165) is 14.9 Å². The lowest BCUT2D eigenvalue weighted by Gasteiger charge is -2.27. The fraction of sp³-hybridized carbons (Fsp3) is 0.440. The van der Waals surface area contributed by atoms with Gasteiger partial charge in [-0.25, -0.2) is 4.68 Å². The van der Waals surface area contributed by atoms with Gasteiger partial charge >= 0.3 is 0 Å². The SMILES string of the molecule is C[C@H](CCl)COc1ccc(C(C)(C)c2ccc(OC[C@@H](O)Cn3nnc([123I])c3CO)cc2)cc1I. The fourth-order valence-electron chi connectivity index (χ4n) is 3.47. The minimum absolute atomic E-state index is 0.103. The summed E-state index contributed by atoms with van der Waals surface area (Å²) in [6.07, 6.45) is -0.788. The van der Waals surface area contributed by atoms with E-state index < -0.39 is 6.10 Å². The summed E-state index contributed by atoms with van der Waals surface area (Å²) in [6, 6.07) is 14.2. The van der Waals surface area contributed by atoms with Gasteiger partial charge in [0.05, 0.1) is 29.0 Å². The maximum absolute atomic E-state index is 10.3. The van der Waals surface area contributed by atoms with Crippen LogP contribution in [-0.2, 0) is 18.6 Å². The highest BCUT2D eigenvalue weighted by Gasteiger charge is 2.24. The first kappa shape index (κ1) is 28.4. The average Bonchev–Trinajstić information content (AvgIpc) is 3.20. The van der Waals surface area contributed by atoms with Crippen molar-refractivity contribution in [2.75, 3.05) is 19.1 Å². The molecule has 0 saturated carbocycles. The van der Waals surface area contributed by atoms with E-state index in [2.05, 4.69) is 65.8 Å². The van der Waals surface area contributed by atoms with E-state index in [1.165, 1.54) is 10.2 Å². The van der Waals surface area contributed by atoms with Crippen LogP contribution >= 0.6 is 56.8 Å². The quantitative estimate of drug-likeness (QED) is 0.202. The molecule has 10 heteroatoms. The highest BCUT2D eigenvalue weighted by Crippen LogP contribution is 2.35. The summed E-state index contributed by atoms with van der Waals surface area (Å²) >= 11 is 10.2. The molecule has 3 aromatic rings. The molecule has 0 amide bonds. The second-order valence-electron chi connectivity index (χ2n) is 9.00. The molecule has 0 aliphatic carbocycles. The topological polar surface area (TPSA) is 89.6 Å². The Morgan fingerprint density at radius 3 is 2.43 bits per heavy atom. The van der Waals surface area contributed by atoms with E-state index >= 15 is 0 Å². The number of hydrogen-bond donors (Lipinski definition) is 2. The van der Waals surface area contributed by atoms with E-state index in [1.807, 2.05) is 52.9 Å². The number of rotatable bonds is 12. The van der Waals surface area contributed by atoms with E-state index in [4.69, 9.17) is 21.1 Å². The molecule has 2 atom stereocenters. The Morgan fingerprint density at radius 1 is 1.11 bits per heavy atom. The van der Waals surface area contributed by atoms with Gasteiger partial charge in [0.15, 0.2) is 0 Å². The Bertz CT molecular complexity index is 1110. The monoisotopic (exact) mass is 721 g/mol. The van der Waals surface area contributed by atoms with Gasteiger partial charge < -0.3 is 19.7 Å². The van der Waals surface area contributed by atoms with Gasteiger partial charge in [-0.05, 0) is 80.6 Å². The van der Waals surface area contributed by atoms with Crippen LogP contribution in [0.3, 0.4) is 0 Å². The summed E-state index contributed by atoms with van der Waals surface area (Å²) in [4.78, 5) is 0. The van der Waals surface area contributed by atoms with Crippen LogP contribution < -0.4 is 9.47 Å². The molecule has 1 aromatic heterocycles. The number of aliphatic hydroxyl groups excluding tert-OH is 2. The predicted octanol–water partition coefficient (Wildman–Crippen LogP) is 5.00. The number of hydrogen-bond acceptors (Lipinski definition) is 6. The van der Waals surface area contributed by atoms with Gasteiger partial charge in [-0.2, -0.15) is 0 Å². The first-order valence-corrected chi connectivity index (χ1v) is 13.9. The van der Waals surface area contributed by atoms with Crippen LogP contribution in [0.2, 0.25) is 0 Å². The van der Waals surface area contributed by atoms with E-state index in [9.17, 15) is 10.2 Å². The molecule has 190 valence electrons. The Labute approximate surface area is 238 Å². The number of ether oxygens (including phenoxy) is 2. The Morgan fingerprint density at radius 2 is 1.80 bits per heavy atom. The summed E-state index contributed by atoms with van der Waals surface area (Å²) < 4.78 is 14.9. The summed E-state index contributed by atoms with van der Waals surface area (Å²) in [5.74, 6) is 2.42. The van der Waals surface area contributed by atoms with Crippen molar-refractivity contribution < 1.29 is 19.7 Å². The minimum Gasteiger partial charge on any atom is -0.492 e. The number of aromatic nitrogens is 3. The second-order valence-corrected chi connectivity index (χ2v) is 11.5. The minimum atomic E-state index is -0.788. The van der Waals surface area contributed by atoms with Gasteiger partial charge in [-0.3, -0.25) is 0 Å². The average molecular weight is 722 g/mol. The first-order valence-electron chi connectivity index (χ1n) is 11.2. The second kappa shape index (κ2) is 12.9. The lowest BCUT2D eigenvalue weighted by molar-refractivity contribution is 0.0866. The number of halogens is 3. The van der Waals surface area contributed by atoms with Crippen molar-refractivity contribution in [3.05, 3.63) is 66.6 Å². The maximum Gasteiger partial charge on any atom is 0.149 e. The molecule has 0 spiro atoms. The van der Waals surface area contributed by atoms with Crippen LogP contribution in [0.25, 0.3) is 0 Å². The number of nitrogens with zero attached hydrogens (tertiary/aromatic N) is 3. The largest absolute Gasteiger partial charge is 0.492 e. The molecule has 0 fully saturated rings. The maximum atomic E-state index is 10.3. The normalized spacial score (nSPS) is 13.5. The molecule has 2 aromatic carbocycles. The highest BCUT2D eigenvalue weighted by atomic mass is 127. The van der Waals surface area contributed by atoms with E-state index in [0.29, 0.717) is 33.5 Å². The van der Waals surface area contributed by atoms with Crippen molar-refractivity contribution >= 4 is 56.8 Å². The standard InChI is InChI=1S/C25H30ClI2N3O4/c1-16(11-26)14-35-23-9-6-18(10-21(23)27)25(2,3)17-4-7-20(8-5-17)34-15-19(33)12-31-22(13-32)24(28)29-30-31/h4-10,16,19,32-33H,11-15H2,1-3H3/t16-,19+/m1/s1/i28-4. The van der Waals surface area contributed by atoms with Gasteiger partial charge in [-0.1, -0.05) is 44.2 Å². The molecule has 0 radical (unpaired) electrons. The van der Waals surface area contributed by atoms with Crippen molar-refractivity contribution in [1.82, 2.24) is 15.0 Å². The van der Waals surface area contributed by atoms with Gasteiger partial charge in [0.1, 0.15) is 27.9 Å². The summed E-state index contributed by atoms with van der Waals surface area (Å²) in [7, 11) is 0. The van der Waals surface area contributed by atoms with Crippen molar-refractivity contribution in [1.29, 1.82) is 0 Å². The Hall–Kier alpha value is -1.15. The summed E-state index contributed by atoms with van der Waals surface area (Å²) in [5.41, 5.74) is 2.70. The van der Waals surface area contributed by atoms with Gasteiger partial charge in [-0.15, -0.1) is 16.7 Å². The van der Waals surface area contributed by atoms with Crippen LogP contribution in [0.1, 0.15) is 37.6 Å². The van der Waals surface area contributed by atoms with Crippen LogP contribution in [0, 0.1) is 13.2 Å². The van der Waals surface area contributed by atoms with Gasteiger partial charge in [0.25, 0.3) is 0 Å². The third kappa shape index (κ3) is 7.43. The van der Waals surface area contributed by atoms with Crippen LogP contribution in [0.15, 0.2) is 42.5 Å². The third-order valence-corrected chi connectivity index (χ3v) is 7.99. The highest BCUT2D eigenvalue weighted by molar-refractivity contribution is 14.1. The Balaban J connectivity index is 1.61. The van der Waals surface area contributed by atoms with Crippen molar-refractivity contribution in [2.45, 2.75) is 45.4 Å². The zero-order valence-electron chi connectivity index (χ0n) is 19.9. The zero-order chi connectivity index (χ0) is 25.6. The van der Waals surface area contributed by atoms with Crippen LogP contribution in [0.4, 0.5) is 0 Å². The molecule has 0 aliphatic heterocycles. The molecule has 1 heterocycles. The van der Waals surface area contributed by atoms with E-state index in [1.54, 1.807) is 0 Å². The molecule has 0 bridgehead atoms. The smallest absolute Gasteiger partial charge is 0.149 e. The van der Waals surface area contributed by atoms with Gasteiger partial charge in [0, 0.05) is 17.2 Å². The molecule has 7 nitrogen and oxygen atoms in total. The zero-order valence-corrected chi connectivity index (χ0v) is 25.0. The predicted molar refractivity (Wildman–Crippen MR) is 153 cm³/mol. The number of benzene rings is 2. The van der Waals surface area contributed by atoms with Gasteiger partial charge in [0.2, 0.25) is 0 Å². The van der Waals surface area contributed by atoms with E-state index in [-0.39, 0.29) is 25.2 Å². The number of aliphatic hydroxyl groups is 2. The molecular formula is C25H30ClI2N3O4. The molecular weight excluding hydrogens is 692 g/mol. The molecule has 2 N–H and O–H groups in total. The summed E-state index contributed by atoms with van der Waals surface area (Å²) in [5, 5.41) is 27.7.